The highest BCUT2D eigenvalue weighted by molar-refractivity contribution is 7.20. The number of ether oxygens (including phenoxy) is 1. The Balaban J connectivity index is 1.95. The molecule has 0 spiro atoms. The normalized spacial score (nSPS) is 12.2. The monoisotopic (exact) mass is 383 g/mol. The zero-order valence-electron chi connectivity index (χ0n) is 16.4. The number of amides is 1. The standard InChI is InChI=1S/C21H25N3O2S/c1-6-15(14-10-8-9-11-16(14)26-5)23-20(25)19-12(3)18-13(4)22-17(7-2)24-21(18)27-19/h8-11,15H,6-7H2,1-5H3,(H,23,25). The Morgan fingerprint density at radius 2 is 1.96 bits per heavy atom. The van der Waals surface area contributed by atoms with Crippen molar-refractivity contribution in [2.45, 2.75) is 46.6 Å². The van der Waals surface area contributed by atoms with Crippen LogP contribution in [0.1, 0.15) is 58.6 Å². The van der Waals surface area contributed by atoms with Crippen molar-refractivity contribution in [3.05, 3.63) is 51.8 Å². The van der Waals surface area contributed by atoms with Gasteiger partial charge in [-0.25, -0.2) is 9.97 Å². The molecule has 6 heteroatoms. The molecule has 0 saturated heterocycles. The number of fused-ring (bicyclic) bond motifs is 1. The Hall–Kier alpha value is -2.47. The number of rotatable bonds is 6. The number of hydrogen-bond donors (Lipinski definition) is 1. The third kappa shape index (κ3) is 3.67. The van der Waals surface area contributed by atoms with E-state index in [4.69, 9.17) is 4.74 Å². The van der Waals surface area contributed by atoms with Crippen molar-refractivity contribution in [1.29, 1.82) is 0 Å². The number of carbonyl (C=O) groups is 1. The summed E-state index contributed by atoms with van der Waals surface area (Å²) in [6.07, 6.45) is 1.55. The van der Waals surface area contributed by atoms with Crippen molar-refractivity contribution in [1.82, 2.24) is 15.3 Å². The SMILES string of the molecule is CCc1nc(C)c2c(C)c(C(=O)NC(CC)c3ccccc3OC)sc2n1. The molecule has 1 aromatic carbocycles. The number of benzene rings is 1. The summed E-state index contributed by atoms with van der Waals surface area (Å²) in [4.78, 5) is 23.8. The molecule has 2 aromatic heterocycles. The molecule has 3 rings (SSSR count). The van der Waals surface area contributed by atoms with E-state index < -0.39 is 0 Å². The maximum Gasteiger partial charge on any atom is 0.262 e. The van der Waals surface area contributed by atoms with Crippen molar-refractivity contribution in [2.75, 3.05) is 7.11 Å². The third-order valence-electron chi connectivity index (χ3n) is 4.77. The Morgan fingerprint density at radius 1 is 1.22 bits per heavy atom. The maximum absolute atomic E-state index is 13.1. The van der Waals surface area contributed by atoms with Crippen molar-refractivity contribution in [3.63, 3.8) is 0 Å². The largest absolute Gasteiger partial charge is 0.496 e. The number of aromatic nitrogens is 2. The van der Waals surface area contributed by atoms with Crippen LogP contribution in [-0.2, 0) is 6.42 Å². The van der Waals surface area contributed by atoms with Gasteiger partial charge >= 0.3 is 0 Å². The fourth-order valence-electron chi connectivity index (χ4n) is 3.35. The maximum atomic E-state index is 13.1. The first-order chi connectivity index (χ1) is 13.0. The number of aryl methyl sites for hydroxylation is 3. The van der Waals surface area contributed by atoms with Crippen LogP contribution in [-0.4, -0.2) is 23.0 Å². The minimum absolute atomic E-state index is 0.0781. The molecule has 1 amide bonds. The van der Waals surface area contributed by atoms with Crippen LogP contribution in [0.3, 0.4) is 0 Å². The topological polar surface area (TPSA) is 64.1 Å². The van der Waals surface area contributed by atoms with Crippen LogP contribution in [0.2, 0.25) is 0 Å². The van der Waals surface area contributed by atoms with Crippen LogP contribution < -0.4 is 10.1 Å². The fraction of sp³-hybridized carbons (Fsp3) is 0.381. The quantitative estimate of drug-likeness (QED) is 0.666. The first kappa shape index (κ1) is 19.3. The molecule has 3 aromatic rings. The van der Waals surface area contributed by atoms with Gasteiger partial charge in [0.05, 0.1) is 18.0 Å². The van der Waals surface area contributed by atoms with Gasteiger partial charge in [0.2, 0.25) is 0 Å². The van der Waals surface area contributed by atoms with E-state index in [9.17, 15) is 4.79 Å². The van der Waals surface area contributed by atoms with Gasteiger partial charge in [0, 0.05) is 23.1 Å². The molecule has 0 fully saturated rings. The zero-order valence-corrected chi connectivity index (χ0v) is 17.2. The van der Waals surface area contributed by atoms with Gasteiger partial charge in [-0.1, -0.05) is 32.0 Å². The van der Waals surface area contributed by atoms with Crippen molar-refractivity contribution >= 4 is 27.5 Å². The second kappa shape index (κ2) is 8.05. The number of nitrogens with zero attached hydrogens (tertiary/aromatic N) is 2. The molecule has 1 atom stereocenters. The Labute approximate surface area is 163 Å². The average Bonchev–Trinajstić information content (AvgIpc) is 3.02. The highest BCUT2D eigenvalue weighted by atomic mass is 32.1. The molecule has 5 nitrogen and oxygen atoms in total. The van der Waals surface area contributed by atoms with Gasteiger partial charge in [-0.15, -0.1) is 11.3 Å². The molecular weight excluding hydrogens is 358 g/mol. The first-order valence-electron chi connectivity index (χ1n) is 9.20. The van der Waals surface area contributed by atoms with Crippen LogP contribution in [0.4, 0.5) is 0 Å². The number of thiophene rings is 1. The predicted molar refractivity (Wildman–Crippen MR) is 110 cm³/mol. The molecular formula is C21H25N3O2S. The van der Waals surface area contributed by atoms with Gasteiger partial charge < -0.3 is 10.1 Å². The Kier molecular flexibility index (Phi) is 5.75. The summed E-state index contributed by atoms with van der Waals surface area (Å²) in [6, 6.07) is 7.69. The third-order valence-corrected chi connectivity index (χ3v) is 5.95. The molecule has 0 aliphatic heterocycles. The van der Waals surface area contributed by atoms with Gasteiger partial charge in [-0.2, -0.15) is 0 Å². The lowest BCUT2D eigenvalue weighted by molar-refractivity contribution is 0.0939. The lowest BCUT2D eigenvalue weighted by atomic mass is 10.0. The van der Waals surface area contributed by atoms with E-state index in [1.807, 2.05) is 45.0 Å². The highest BCUT2D eigenvalue weighted by Crippen LogP contribution is 2.33. The number of carbonyl (C=O) groups excluding carboxylic acids is 1. The molecule has 0 radical (unpaired) electrons. The van der Waals surface area contributed by atoms with Crippen LogP contribution in [0, 0.1) is 13.8 Å². The molecule has 142 valence electrons. The summed E-state index contributed by atoms with van der Waals surface area (Å²) in [7, 11) is 1.65. The van der Waals surface area contributed by atoms with E-state index >= 15 is 0 Å². The summed E-state index contributed by atoms with van der Waals surface area (Å²) in [5.41, 5.74) is 2.86. The van der Waals surface area contributed by atoms with Crippen LogP contribution in [0.5, 0.6) is 5.75 Å². The van der Waals surface area contributed by atoms with Gasteiger partial charge in [0.1, 0.15) is 16.4 Å². The van der Waals surface area contributed by atoms with E-state index in [0.717, 1.165) is 51.5 Å². The lowest BCUT2D eigenvalue weighted by Gasteiger charge is -2.19. The van der Waals surface area contributed by atoms with Gasteiger partial charge in [0.25, 0.3) is 5.91 Å². The minimum Gasteiger partial charge on any atom is -0.496 e. The summed E-state index contributed by atoms with van der Waals surface area (Å²) in [5.74, 6) is 1.52. The molecule has 0 saturated carbocycles. The summed E-state index contributed by atoms with van der Waals surface area (Å²) >= 11 is 1.44. The number of nitrogens with one attached hydrogen (secondary N) is 1. The molecule has 0 aliphatic carbocycles. The summed E-state index contributed by atoms with van der Waals surface area (Å²) in [6.45, 7) is 8.04. The molecule has 2 heterocycles. The second-order valence-electron chi connectivity index (χ2n) is 6.49. The van der Waals surface area contributed by atoms with Crippen molar-refractivity contribution < 1.29 is 9.53 Å². The van der Waals surface area contributed by atoms with Crippen LogP contribution in [0.25, 0.3) is 10.2 Å². The predicted octanol–water partition coefficient (Wildman–Crippen LogP) is 4.76. The fourth-order valence-corrected chi connectivity index (χ4v) is 4.50. The second-order valence-corrected chi connectivity index (χ2v) is 7.49. The number of hydrogen-bond acceptors (Lipinski definition) is 5. The summed E-state index contributed by atoms with van der Waals surface area (Å²) in [5, 5.41) is 4.16. The zero-order chi connectivity index (χ0) is 19.6. The van der Waals surface area contributed by atoms with Gasteiger partial charge in [0.15, 0.2) is 0 Å². The average molecular weight is 384 g/mol. The highest BCUT2D eigenvalue weighted by Gasteiger charge is 2.22. The Bertz CT molecular complexity index is 981. The van der Waals surface area contributed by atoms with Gasteiger partial charge in [-0.05, 0) is 31.9 Å². The van der Waals surface area contributed by atoms with E-state index in [2.05, 4.69) is 22.2 Å². The lowest BCUT2D eigenvalue weighted by Crippen LogP contribution is -2.28. The smallest absolute Gasteiger partial charge is 0.262 e. The number of para-hydroxylation sites is 1. The molecule has 1 N–H and O–H groups in total. The van der Waals surface area contributed by atoms with Crippen LogP contribution in [0.15, 0.2) is 24.3 Å². The van der Waals surface area contributed by atoms with E-state index in [1.54, 1.807) is 7.11 Å². The molecule has 0 bridgehead atoms. The molecule has 1 unspecified atom stereocenters. The molecule has 0 aliphatic rings. The van der Waals surface area contributed by atoms with E-state index in [-0.39, 0.29) is 11.9 Å². The minimum atomic E-state index is -0.114. The van der Waals surface area contributed by atoms with Crippen molar-refractivity contribution in [2.24, 2.45) is 0 Å². The van der Waals surface area contributed by atoms with E-state index in [1.165, 1.54) is 11.3 Å². The van der Waals surface area contributed by atoms with E-state index in [0.29, 0.717) is 4.88 Å². The molecule has 27 heavy (non-hydrogen) atoms. The number of methoxy groups -OCH3 is 1. The van der Waals surface area contributed by atoms with Gasteiger partial charge in [-0.3, -0.25) is 4.79 Å². The Morgan fingerprint density at radius 3 is 2.63 bits per heavy atom. The summed E-state index contributed by atoms with van der Waals surface area (Å²) < 4.78 is 5.46. The van der Waals surface area contributed by atoms with Crippen LogP contribution >= 0.6 is 11.3 Å². The van der Waals surface area contributed by atoms with Crippen molar-refractivity contribution in [3.8, 4) is 5.75 Å². The first-order valence-corrected chi connectivity index (χ1v) is 10.0.